The summed E-state index contributed by atoms with van der Waals surface area (Å²) in [4.78, 5) is 0. The summed E-state index contributed by atoms with van der Waals surface area (Å²) in [6.07, 6.45) is -1.92. The molecule has 0 bridgehead atoms. The third kappa shape index (κ3) is 3.59. The van der Waals surface area contributed by atoms with Crippen LogP contribution in [0.1, 0.15) is 18.6 Å². The molecule has 1 aromatic carbocycles. The number of benzene rings is 1. The standard InChI is InChI=1S/C12H19NO4/c1-3-17-11-6-8(4-5-9(11)14)12(16)10(15)7-13-2/h4-6,10,12-16H,3,7H2,1-2H3. The molecule has 2 unspecified atom stereocenters. The van der Waals surface area contributed by atoms with Gasteiger partial charge in [0.05, 0.1) is 12.7 Å². The van der Waals surface area contributed by atoms with E-state index in [1.807, 2.05) is 0 Å². The molecule has 0 aromatic heterocycles. The summed E-state index contributed by atoms with van der Waals surface area (Å²) in [7, 11) is 1.69. The minimum Gasteiger partial charge on any atom is -0.504 e. The summed E-state index contributed by atoms with van der Waals surface area (Å²) in [6, 6.07) is 4.53. The van der Waals surface area contributed by atoms with Gasteiger partial charge < -0.3 is 25.4 Å². The summed E-state index contributed by atoms with van der Waals surface area (Å²) in [5, 5.41) is 31.8. The summed E-state index contributed by atoms with van der Waals surface area (Å²) < 4.78 is 5.21. The highest BCUT2D eigenvalue weighted by Gasteiger charge is 2.18. The lowest BCUT2D eigenvalue weighted by molar-refractivity contribution is 0.0201. The third-order valence-electron chi connectivity index (χ3n) is 2.40. The molecule has 2 atom stereocenters. The predicted octanol–water partition coefficient (Wildman–Crippen LogP) is 0.405. The minimum absolute atomic E-state index is 0.0194. The molecule has 0 aliphatic carbocycles. The number of likely N-dealkylation sites (N-methyl/N-ethyl adjacent to an activating group) is 1. The van der Waals surface area contributed by atoms with Crippen molar-refractivity contribution in [1.82, 2.24) is 5.32 Å². The number of hydrogen-bond donors (Lipinski definition) is 4. The van der Waals surface area contributed by atoms with Gasteiger partial charge in [0.25, 0.3) is 0 Å². The Morgan fingerprint density at radius 3 is 2.65 bits per heavy atom. The third-order valence-corrected chi connectivity index (χ3v) is 2.40. The first kappa shape index (κ1) is 13.8. The molecule has 0 radical (unpaired) electrons. The van der Waals surface area contributed by atoms with E-state index < -0.39 is 12.2 Å². The fourth-order valence-corrected chi connectivity index (χ4v) is 1.53. The topological polar surface area (TPSA) is 82.0 Å². The van der Waals surface area contributed by atoms with Crippen molar-refractivity contribution in [1.29, 1.82) is 0 Å². The first-order valence-electron chi connectivity index (χ1n) is 5.56. The maximum atomic E-state index is 9.88. The monoisotopic (exact) mass is 241 g/mol. The van der Waals surface area contributed by atoms with E-state index in [0.717, 1.165) is 0 Å². The summed E-state index contributed by atoms with van der Waals surface area (Å²) in [6.45, 7) is 2.51. The van der Waals surface area contributed by atoms with E-state index >= 15 is 0 Å². The fourth-order valence-electron chi connectivity index (χ4n) is 1.53. The molecule has 0 heterocycles. The molecule has 1 rings (SSSR count). The number of nitrogens with one attached hydrogen (secondary N) is 1. The molecule has 17 heavy (non-hydrogen) atoms. The molecule has 0 amide bonds. The van der Waals surface area contributed by atoms with E-state index in [0.29, 0.717) is 17.9 Å². The van der Waals surface area contributed by atoms with Crippen LogP contribution in [0, 0.1) is 0 Å². The molecule has 0 saturated carbocycles. The highest BCUT2D eigenvalue weighted by Crippen LogP contribution is 2.30. The Kier molecular flexibility index (Phi) is 5.21. The first-order valence-corrected chi connectivity index (χ1v) is 5.56. The maximum absolute atomic E-state index is 9.88. The normalized spacial score (nSPS) is 14.4. The van der Waals surface area contributed by atoms with Gasteiger partial charge in [0, 0.05) is 6.54 Å². The molecule has 96 valence electrons. The molecule has 0 fully saturated rings. The second-order valence-corrected chi connectivity index (χ2v) is 3.73. The number of ether oxygens (including phenoxy) is 1. The van der Waals surface area contributed by atoms with Crippen molar-refractivity contribution in [2.75, 3.05) is 20.2 Å². The highest BCUT2D eigenvalue weighted by atomic mass is 16.5. The molecule has 0 saturated heterocycles. The van der Waals surface area contributed by atoms with Crippen LogP contribution in [-0.2, 0) is 0 Å². The highest BCUT2D eigenvalue weighted by molar-refractivity contribution is 5.42. The van der Waals surface area contributed by atoms with Crippen LogP contribution in [0.3, 0.4) is 0 Å². The van der Waals surface area contributed by atoms with Crippen molar-refractivity contribution in [2.45, 2.75) is 19.1 Å². The first-order chi connectivity index (χ1) is 8.10. The predicted molar refractivity (Wildman–Crippen MR) is 64.2 cm³/mol. The van der Waals surface area contributed by atoms with Crippen LogP contribution < -0.4 is 10.1 Å². The van der Waals surface area contributed by atoms with Crippen LogP contribution in [-0.4, -0.2) is 41.6 Å². The summed E-state index contributed by atoms with van der Waals surface area (Å²) >= 11 is 0. The molecule has 0 aliphatic heterocycles. The van der Waals surface area contributed by atoms with E-state index in [1.165, 1.54) is 12.1 Å². The van der Waals surface area contributed by atoms with Crippen LogP contribution in [0.15, 0.2) is 18.2 Å². The summed E-state index contributed by atoms with van der Waals surface area (Å²) in [5.41, 5.74) is 0.508. The van der Waals surface area contributed by atoms with Gasteiger partial charge in [-0.15, -0.1) is 0 Å². The average molecular weight is 241 g/mol. The Bertz CT molecular complexity index is 356. The van der Waals surface area contributed by atoms with Crippen LogP contribution in [0.25, 0.3) is 0 Å². The Balaban J connectivity index is 2.86. The molecule has 4 N–H and O–H groups in total. The van der Waals surface area contributed by atoms with Gasteiger partial charge >= 0.3 is 0 Å². The zero-order chi connectivity index (χ0) is 12.8. The maximum Gasteiger partial charge on any atom is 0.161 e. The lowest BCUT2D eigenvalue weighted by Gasteiger charge is -2.18. The van der Waals surface area contributed by atoms with Gasteiger partial charge in [-0.3, -0.25) is 0 Å². The number of aromatic hydroxyl groups is 1. The van der Waals surface area contributed by atoms with Gasteiger partial charge in [-0.2, -0.15) is 0 Å². The minimum atomic E-state index is -1.01. The lowest BCUT2D eigenvalue weighted by Crippen LogP contribution is -2.29. The van der Waals surface area contributed by atoms with Gasteiger partial charge in [-0.25, -0.2) is 0 Å². The van der Waals surface area contributed by atoms with Crippen molar-refractivity contribution in [2.24, 2.45) is 0 Å². The SMILES string of the molecule is CCOc1cc(C(O)C(O)CNC)ccc1O. The smallest absolute Gasteiger partial charge is 0.161 e. The van der Waals surface area contributed by atoms with E-state index in [-0.39, 0.29) is 12.3 Å². The van der Waals surface area contributed by atoms with E-state index in [4.69, 9.17) is 4.74 Å². The Labute approximate surface area is 101 Å². The molecular formula is C12H19NO4. The average Bonchev–Trinajstić information content (AvgIpc) is 2.31. The van der Waals surface area contributed by atoms with Crippen LogP contribution in [0.4, 0.5) is 0 Å². The molecule has 1 aromatic rings. The molecule has 0 spiro atoms. The van der Waals surface area contributed by atoms with Gasteiger partial charge in [-0.1, -0.05) is 6.07 Å². The molecule has 5 heteroatoms. The van der Waals surface area contributed by atoms with Crippen LogP contribution in [0.2, 0.25) is 0 Å². The van der Waals surface area contributed by atoms with Crippen molar-refractivity contribution in [3.8, 4) is 11.5 Å². The summed E-state index contributed by atoms with van der Waals surface area (Å²) in [5.74, 6) is 0.326. The van der Waals surface area contributed by atoms with Crippen molar-refractivity contribution < 1.29 is 20.1 Å². The number of hydrogen-bond acceptors (Lipinski definition) is 5. The molecule has 5 nitrogen and oxygen atoms in total. The number of phenolic OH excluding ortho intramolecular Hbond substituents is 1. The molecular weight excluding hydrogens is 222 g/mol. The van der Waals surface area contributed by atoms with E-state index in [9.17, 15) is 15.3 Å². The quantitative estimate of drug-likeness (QED) is 0.580. The van der Waals surface area contributed by atoms with Gasteiger partial charge in [0.15, 0.2) is 11.5 Å². The van der Waals surface area contributed by atoms with Crippen LogP contribution in [0.5, 0.6) is 11.5 Å². The van der Waals surface area contributed by atoms with Gasteiger partial charge in [-0.05, 0) is 31.7 Å². The number of rotatable bonds is 6. The largest absolute Gasteiger partial charge is 0.504 e. The lowest BCUT2D eigenvalue weighted by atomic mass is 10.0. The van der Waals surface area contributed by atoms with Crippen molar-refractivity contribution in [3.05, 3.63) is 23.8 Å². The fraction of sp³-hybridized carbons (Fsp3) is 0.500. The van der Waals surface area contributed by atoms with Crippen LogP contribution >= 0.6 is 0 Å². The Morgan fingerprint density at radius 1 is 1.35 bits per heavy atom. The van der Waals surface area contributed by atoms with Gasteiger partial charge in [0.2, 0.25) is 0 Å². The number of phenols is 1. The zero-order valence-electron chi connectivity index (χ0n) is 10.1. The van der Waals surface area contributed by atoms with Gasteiger partial charge in [0.1, 0.15) is 6.10 Å². The van der Waals surface area contributed by atoms with Crippen molar-refractivity contribution >= 4 is 0 Å². The Morgan fingerprint density at radius 2 is 2.06 bits per heavy atom. The second-order valence-electron chi connectivity index (χ2n) is 3.73. The second kappa shape index (κ2) is 6.44. The number of aliphatic hydroxyl groups excluding tert-OH is 2. The zero-order valence-corrected chi connectivity index (χ0v) is 10.1. The van der Waals surface area contributed by atoms with E-state index in [2.05, 4.69) is 5.32 Å². The number of aliphatic hydroxyl groups is 2. The van der Waals surface area contributed by atoms with E-state index in [1.54, 1.807) is 20.0 Å². The molecule has 0 aliphatic rings. The Hall–Kier alpha value is -1.30. The van der Waals surface area contributed by atoms with Crippen molar-refractivity contribution in [3.63, 3.8) is 0 Å².